The lowest BCUT2D eigenvalue weighted by Gasteiger charge is -2.27. The summed E-state index contributed by atoms with van der Waals surface area (Å²) in [5.41, 5.74) is 1.96. The molecule has 0 unspecified atom stereocenters. The smallest absolute Gasteiger partial charge is 0.335 e. The number of fused-ring (bicyclic) bond motifs is 1. The van der Waals surface area contributed by atoms with E-state index in [4.69, 9.17) is 5.11 Å². The maximum atomic E-state index is 11.1. The van der Waals surface area contributed by atoms with Crippen LogP contribution in [0.15, 0.2) is 18.2 Å². The van der Waals surface area contributed by atoms with E-state index in [0.29, 0.717) is 5.56 Å². The number of rotatable bonds is 3. The molecule has 0 saturated heterocycles. The van der Waals surface area contributed by atoms with Gasteiger partial charge in [0.25, 0.3) is 0 Å². The van der Waals surface area contributed by atoms with Crippen molar-refractivity contribution in [1.29, 1.82) is 0 Å². The number of imidazole rings is 1. The van der Waals surface area contributed by atoms with Crippen LogP contribution in [-0.4, -0.2) is 20.6 Å². The number of aromatic nitrogens is 2. The lowest BCUT2D eigenvalue weighted by molar-refractivity contribution is 0.0697. The quantitative estimate of drug-likeness (QED) is 0.904. The zero-order valence-electron chi connectivity index (χ0n) is 11.2. The van der Waals surface area contributed by atoms with Crippen molar-refractivity contribution < 1.29 is 9.90 Å². The number of carboxylic acid groups (broad SMARTS) is 1. The number of aromatic carboxylic acids is 1. The Labute approximate surface area is 106 Å². The number of aryl methyl sites for hydroxylation is 1. The Bertz CT molecular complexity index is 612. The average molecular weight is 246 g/mol. The first-order valence-corrected chi connectivity index (χ1v) is 6.09. The lowest BCUT2D eigenvalue weighted by Crippen LogP contribution is -2.26. The van der Waals surface area contributed by atoms with Gasteiger partial charge in [0.1, 0.15) is 5.82 Å². The average Bonchev–Trinajstić information content (AvgIpc) is 2.64. The van der Waals surface area contributed by atoms with Gasteiger partial charge < -0.3 is 9.67 Å². The van der Waals surface area contributed by atoms with Crippen molar-refractivity contribution in [2.45, 2.75) is 39.7 Å². The van der Waals surface area contributed by atoms with Crippen LogP contribution in [0.5, 0.6) is 0 Å². The SMILES string of the molecule is CCC(C)(C)n1c(C)nc2ccc(C(=O)O)cc21. The van der Waals surface area contributed by atoms with Crippen LogP contribution >= 0.6 is 0 Å². The van der Waals surface area contributed by atoms with Gasteiger partial charge in [0.05, 0.1) is 16.6 Å². The molecule has 0 radical (unpaired) electrons. The van der Waals surface area contributed by atoms with Gasteiger partial charge in [0.15, 0.2) is 0 Å². The molecule has 4 nitrogen and oxygen atoms in total. The largest absolute Gasteiger partial charge is 0.478 e. The minimum absolute atomic E-state index is 0.0735. The Hall–Kier alpha value is -1.84. The summed E-state index contributed by atoms with van der Waals surface area (Å²) < 4.78 is 2.12. The standard InChI is InChI=1S/C14H18N2O2/c1-5-14(3,4)16-9(2)15-11-7-6-10(13(17)18)8-12(11)16/h6-8H,5H2,1-4H3,(H,17,18). The molecule has 0 aliphatic rings. The fourth-order valence-electron chi connectivity index (χ4n) is 2.25. The Morgan fingerprint density at radius 2 is 2.11 bits per heavy atom. The molecule has 1 heterocycles. The zero-order valence-corrected chi connectivity index (χ0v) is 11.2. The second kappa shape index (κ2) is 4.12. The first-order valence-electron chi connectivity index (χ1n) is 6.09. The van der Waals surface area contributed by atoms with Crippen molar-refractivity contribution in [3.63, 3.8) is 0 Å². The minimum atomic E-state index is -0.906. The van der Waals surface area contributed by atoms with Gasteiger partial charge in [-0.25, -0.2) is 9.78 Å². The molecule has 0 saturated carbocycles. The van der Waals surface area contributed by atoms with Crippen LogP contribution in [0.1, 0.15) is 43.4 Å². The molecule has 0 fully saturated rings. The molecule has 0 spiro atoms. The number of hydrogen-bond donors (Lipinski definition) is 1. The van der Waals surface area contributed by atoms with Crippen molar-refractivity contribution in [2.75, 3.05) is 0 Å². The summed E-state index contributed by atoms with van der Waals surface area (Å²) >= 11 is 0. The summed E-state index contributed by atoms with van der Waals surface area (Å²) in [4.78, 5) is 15.6. The van der Waals surface area contributed by atoms with Crippen molar-refractivity contribution in [2.24, 2.45) is 0 Å². The highest BCUT2D eigenvalue weighted by atomic mass is 16.4. The second-order valence-electron chi connectivity index (χ2n) is 5.17. The van der Waals surface area contributed by atoms with Crippen molar-refractivity contribution >= 4 is 17.0 Å². The molecule has 1 aromatic heterocycles. The van der Waals surface area contributed by atoms with E-state index < -0.39 is 5.97 Å². The Kier molecular flexibility index (Phi) is 2.89. The van der Waals surface area contributed by atoms with Crippen molar-refractivity contribution in [3.05, 3.63) is 29.6 Å². The van der Waals surface area contributed by atoms with Crippen LogP contribution < -0.4 is 0 Å². The third-order valence-electron chi connectivity index (χ3n) is 3.54. The maximum Gasteiger partial charge on any atom is 0.335 e. The van der Waals surface area contributed by atoms with E-state index in [1.807, 2.05) is 6.92 Å². The van der Waals surface area contributed by atoms with E-state index in [9.17, 15) is 4.79 Å². The Morgan fingerprint density at radius 1 is 1.44 bits per heavy atom. The molecule has 4 heteroatoms. The molecule has 2 aromatic rings. The first kappa shape index (κ1) is 12.6. The van der Waals surface area contributed by atoms with Crippen molar-refractivity contribution in [1.82, 2.24) is 9.55 Å². The first-order chi connectivity index (χ1) is 8.36. The lowest BCUT2D eigenvalue weighted by atomic mass is 10.0. The van der Waals surface area contributed by atoms with Crippen LogP contribution in [0.3, 0.4) is 0 Å². The van der Waals surface area contributed by atoms with E-state index in [1.165, 1.54) is 0 Å². The number of hydrogen-bond acceptors (Lipinski definition) is 2. The van der Waals surface area contributed by atoms with Crippen LogP contribution in [0.4, 0.5) is 0 Å². The number of nitrogens with zero attached hydrogens (tertiary/aromatic N) is 2. The summed E-state index contributed by atoms with van der Waals surface area (Å²) in [5, 5.41) is 9.07. The minimum Gasteiger partial charge on any atom is -0.478 e. The highest BCUT2D eigenvalue weighted by molar-refractivity contribution is 5.92. The van der Waals surface area contributed by atoms with Gasteiger partial charge in [-0.3, -0.25) is 0 Å². The molecule has 0 amide bonds. The summed E-state index contributed by atoms with van der Waals surface area (Å²) in [6.07, 6.45) is 0.955. The fraction of sp³-hybridized carbons (Fsp3) is 0.429. The van der Waals surface area contributed by atoms with Crippen LogP contribution in [0, 0.1) is 6.92 Å². The van der Waals surface area contributed by atoms with Gasteiger partial charge >= 0.3 is 5.97 Å². The summed E-state index contributed by atoms with van der Waals surface area (Å²) in [6, 6.07) is 5.07. The monoisotopic (exact) mass is 246 g/mol. The molecule has 18 heavy (non-hydrogen) atoms. The van der Waals surface area contributed by atoms with Gasteiger partial charge in [-0.05, 0) is 45.4 Å². The second-order valence-corrected chi connectivity index (χ2v) is 5.17. The normalized spacial score (nSPS) is 12.0. The van der Waals surface area contributed by atoms with Gasteiger partial charge in [-0.2, -0.15) is 0 Å². The Balaban J connectivity index is 2.76. The predicted octanol–water partition coefficient (Wildman–Crippen LogP) is 3.19. The van der Waals surface area contributed by atoms with Gasteiger partial charge in [0, 0.05) is 5.54 Å². The van der Waals surface area contributed by atoms with Crippen LogP contribution in [0.2, 0.25) is 0 Å². The summed E-state index contributed by atoms with van der Waals surface area (Å²) in [5.74, 6) is 0.0102. The van der Waals surface area contributed by atoms with E-state index in [1.54, 1.807) is 18.2 Å². The topological polar surface area (TPSA) is 55.1 Å². The molecular weight excluding hydrogens is 228 g/mol. The van der Waals surface area contributed by atoms with E-state index in [-0.39, 0.29) is 5.54 Å². The number of carboxylic acids is 1. The third-order valence-corrected chi connectivity index (χ3v) is 3.54. The molecule has 2 rings (SSSR count). The third kappa shape index (κ3) is 1.88. The molecular formula is C14H18N2O2. The van der Waals surface area contributed by atoms with Gasteiger partial charge in [-0.15, -0.1) is 0 Å². The maximum absolute atomic E-state index is 11.1. The molecule has 0 aliphatic heterocycles. The number of benzene rings is 1. The number of carbonyl (C=O) groups is 1. The summed E-state index contributed by atoms with van der Waals surface area (Å²) in [7, 11) is 0. The molecule has 0 bridgehead atoms. The molecule has 1 aromatic carbocycles. The van der Waals surface area contributed by atoms with Crippen LogP contribution in [0.25, 0.3) is 11.0 Å². The molecule has 96 valence electrons. The Morgan fingerprint density at radius 3 is 2.67 bits per heavy atom. The molecule has 0 aliphatic carbocycles. The van der Waals surface area contributed by atoms with E-state index in [0.717, 1.165) is 23.3 Å². The molecule has 0 atom stereocenters. The van der Waals surface area contributed by atoms with Crippen molar-refractivity contribution in [3.8, 4) is 0 Å². The zero-order chi connectivity index (χ0) is 13.5. The summed E-state index contributed by atoms with van der Waals surface area (Å²) in [6.45, 7) is 8.34. The predicted molar refractivity (Wildman–Crippen MR) is 71.0 cm³/mol. The fourth-order valence-corrected chi connectivity index (χ4v) is 2.25. The molecule has 1 N–H and O–H groups in total. The van der Waals surface area contributed by atoms with Crippen LogP contribution in [-0.2, 0) is 5.54 Å². The van der Waals surface area contributed by atoms with E-state index in [2.05, 4.69) is 30.3 Å². The van der Waals surface area contributed by atoms with Gasteiger partial charge in [0.2, 0.25) is 0 Å². The highest BCUT2D eigenvalue weighted by Crippen LogP contribution is 2.28. The van der Waals surface area contributed by atoms with Gasteiger partial charge in [-0.1, -0.05) is 6.92 Å². The highest BCUT2D eigenvalue weighted by Gasteiger charge is 2.23. The van der Waals surface area contributed by atoms with E-state index >= 15 is 0 Å².